The lowest BCUT2D eigenvalue weighted by molar-refractivity contribution is -0.159. The van der Waals surface area contributed by atoms with Crippen LogP contribution in [0.15, 0.2) is 59.6 Å². The molecule has 21 nitrogen and oxygen atoms in total. The van der Waals surface area contributed by atoms with Crippen LogP contribution in [0.3, 0.4) is 0 Å². The fraction of sp³-hybridized carbons (Fsp3) is 0.696. The molecule has 23 heteroatoms. The largest absolute Gasteiger partial charge is 0.490 e. The van der Waals surface area contributed by atoms with E-state index in [1.165, 1.54) is 29.4 Å². The summed E-state index contributed by atoms with van der Waals surface area (Å²) in [6, 6.07) is 13.6. The van der Waals surface area contributed by atoms with Gasteiger partial charge in [-0.25, -0.2) is 26.8 Å². The predicted molar refractivity (Wildman–Crippen MR) is 354 cm³/mol. The fourth-order valence-corrected chi connectivity index (χ4v) is 19.2. The number of hydrogen-bond acceptors (Lipinski definition) is 12. The molecule has 0 spiro atoms. The lowest BCUT2D eigenvalue weighted by Crippen LogP contribution is -2.56. The van der Waals surface area contributed by atoms with E-state index in [4.69, 9.17) is 9.47 Å². The van der Waals surface area contributed by atoms with E-state index in [-0.39, 0.29) is 65.3 Å². The second kappa shape index (κ2) is 32.9. The van der Waals surface area contributed by atoms with E-state index in [9.17, 15) is 47.1 Å². The molecule has 8 fully saturated rings. The molecule has 4 aliphatic heterocycles. The molecule has 5 heterocycles. The number of carboxylic acid groups (broad SMARTS) is 1. The van der Waals surface area contributed by atoms with Crippen molar-refractivity contribution in [1.82, 2.24) is 45.3 Å². The Balaban J connectivity index is 0.634. The third-order valence-electron chi connectivity index (χ3n) is 20.9. The molecule has 506 valence electrons. The Hall–Kier alpha value is -6.07. The highest BCUT2D eigenvalue weighted by molar-refractivity contribution is 8.00. The average molecular weight is 1310 g/mol. The van der Waals surface area contributed by atoms with Crippen molar-refractivity contribution in [3.05, 3.63) is 60.3 Å². The van der Waals surface area contributed by atoms with Gasteiger partial charge < -0.3 is 55.9 Å². The van der Waals surface area contributed by atoms with Crippen molar-refractivity contribution >= 4 is 74.3 Å². The summed E-state index contributed by atoms with van der Waals surface area (Å²) < 4.78 is 41.1. The van der Waals surface area contributed by atoms with Gasteiger partial charge in [0, 0.05) is 94.2 Å². The second-order valence-corrected chi connectivity index (χ2v) is 30.8. The van der Waals surface area contributed by atoms with Gasteiger partial charge in [0.25, 0.3) is 10.0 Å². The Kier molecular flexibility index (Phi) is 24.6. The molecule has 6 N–H and O–H groups in total. The van der Waals surface area contributed by atoms with Crippen LogP contribution in [0.5, 0.6) is 5.75 Å². The number of nitrogens with zero attached hydrogens (tertiary/aromatic N) is 4. The van der Waals surface area contributed by atoms with Crippen LogP contribution < -0.4 is 31.3 Å². The van der Waals surface area contributed by atoms with Gasteiger partial charge in [-0.05, 0) is 189 Å². The Morgan fingerprint density at radius 1 is 0.707 bits per heavy atom. The lowest BCUT2D eigenvalue weighted by Gasteiger charge is -2.57. The Labute approximate surface area is 548 Å². The first-order chi connectivity index (χ1) is 44.5. The van der Waals surface area contributed by atoms with Crippen LogP contribution in [0.2, 0.25) is 0 Å². The Morgan fingerprint density at radius 2 is 1.27 bits per heavy atom. The first-order valence-corrected chi connectivity index (χ1v) is 37.2. The lowest BCUT2D eigenvalue weighted by atomic mass is 9.49. The third kappa shape index (κ3) is 18.4. The van der Waals surface area contributed by atoms with Crippen molar-refractivity contribution < 1.29 is 56.6 Å². The molecule has 92 heavy (non-hydrogen) atoms. The Morgan fingerprint density at radius 3 is 1.86 bits per heavy atom. The molecule has 1 aromatic heterocycles. The number of amides is 8. The minimum Gasteiger partial charge on any atom is -0.490 e. The number of aromatic nitrogens is 1. The predicted octanol–water partition coefficient (Wildman–Crippen LogP) is 8.99. The standard InChI is InChI=1S/C69H101N9O12S2/c1-48-20-22-55(23-21-48)92(87,88)78-37-28-56-58(78)14-13-15-59(56)90-45-54(89-46-64(82)83)44-77(68(86)76-35-26-53(27-36-76)52-24-33-75(34-25-52)66(84)69-41-49-38-50(42-69)40-51(39-49)43-69)32-12-4-11-31-72-62(80)18-6-2-9-29-70-61(79)17-5-3-10-30-71-63(81)19-8-7-16-60-65-57(47-91-60)73-67(85)74-65/h13-15,20-23,28,37,49-54,57,60,65H,2-12,16-19,24-27,29-36,38-47H2,1H3,(H,70,79)(H,71,81)(H,72,80)(H,82,83)(H2,73,74,85)/t49?,50?,51?,54?,57-,60-,65-,69?/m0/s1. The number of nitrogens with one attached hydrogen (secondary N) is 5. The maximum Gasteiger partial charge on any atom is 0.329 e. The minimum atomic E-state index is -3.94. The van der Waals surface area contributed by atoms with Gasteiger partial charge in [0.15, 0.2) is 0 Å². The zero-order valence-electron chi connectivity index (χ0n) is 54.1. The van der Waals surface area contributed by atoms with Gasteiger partial charge in [0.2, 0.25) is 23.6 Å². The monoisotopic (exact) mass is 1310 g/mol. The van der Waals surface area contributed by atoms with Gasteiger partial charge >= 0.3 is 18.0 Å². The molecular formula is C69H101N9O12S2. The molecule has 4 aliphatic carbocycles. The van der Waals surface area contributed by atoms with E-state index in [1.807, 2.05) is 23.6 Å². The van der Waals surface area contributed by atoms with Crippen LogP contribution in [0.4, 0.5) is 9.59 Å². The first-order valence-electron chi connectivity index (χ1n) is 34.7. The molecule has 0 radical (unpaired) electrons. The average Bonchev–Trinajstić information content (AvgIpc) is 0.991. The number of urea groups is 2. The van der Waals surface area contributed by atoms with E-state index in [1.54, 1.807) is 53.4 Å². The highest BCUT2D eigenvalue weighted by Crippen LogP contribution is 2.61. The van der Waals surface area contributed by atoms with Gasteiger partial charge in [-0.1, -0.05) is 43.0 Å². The smallest absolute Gasteiger partial charge is 0.329 e. The number of thioether (sulfide) groups is 1. The van der Waals surface area contributed by atoms with Crippen molar-refractivity contribution in [3.63, 3.8) is 0 Å². The van der Waals surface area contributed by atoms with Gasteiger partial charge in [-0.3, -0.25) is 19.2 Å². The first kappa shape index (κ1) is 68.8. The number of piperidine rings is 2. The van der Waals surface area contributed by atoms with Crippen LogP contribution in [-0.2, 0) is 38.7 Å². The zero-order valence-corrected chi connectivity index (χ0v) is 55.7. The number of fused-ring (bicyclic) bond motifs is 2. The van der Waals surface area contributed by atoms with E-state index in [0.29, 0.717) is 117 Å². The summed E-state index contributed by atoms with van der Waals surface area (Å²) in [7, 11) is -3.94. The van der Waals surface area contributed by atoms with Crippen molar-refractivity contribution in [1.29, 1.82) is 0 Å². The van der Waals surface area contributed by atoms with Crippen molar-refractivity contribution in [2.45, 2.75) is 196 Å². The summed E-state index contributed by atoms with van der Waals surface area (Å²) in [5.41, 5.74) is 1.22. The number of aliphatic carboxylic acids is 1. The topological polar surface area (TPSA) is 267 Å². The second-order valence-electron chi connectivity index (χ2n) is 27.7. The quantitative estimate of drug-likeness (QED) is 0.0237. The number of carbonyl (C=O) groups is 7. The summed E-state index contributed by atoms with van der Waals surface area (Å²) in [5.74, 6) is 3.77. The van der Waals surface area contributed by atoms with E-state index < -0.39 is 28.7 Å². The molecule has 4 saturated carbocycles. The number of aryl methyl sites for hydroxylation is 1. The SMILES string of the molecule is Cc1ccc(S(=O)(=O)n2ccc3c(OCC(CN(CCCCCNC(=O)CCCCCNC(=O)CCCCCNC(=O)CCCC[C@@H]4SC[C@@H]5NC(=O)N[C@@H]54)C(=O)N4CCC(C5CCN(C(=O)C67CC8CC(CC(C8)C6)C7)CC5)CC4)OCC(=O)O)cccc32)cc1. The number of benzene rings is 2. The number of carboxylic acids is 1. The van der Waals surface area contributed by atoms with Crippen LogP contribution in [0.1, 0.15) is 166 Å². The number of hydrogen-bond donors (Lipinski definition) is 6. The highest BCUT2D eigenvalue weighted by atomic mass is 32.2. The van der Waals surface area contributed by atoms with Gasteiger partial charge in [-0.2, -0.15) is 11.8 Å². The number of ether oxygens (including phenoxy) is 2. The van der Waals surface area contributed by atoms with Gasteiger partial charge in [-0.15, -0.1) is 0 Å². The van der Waals surface area contributed by atoms with E-state index >= 15 is 0 Å². The fourth-order valence-electron chi connectivity index (χ4n) is 16.4. The molecule has 2 aromatic carbocycles. The van der Waals surface area contributed by atoms with Gasteiger partial charge in [0.1, 0.15) is 25.1 Å². The van der Waals surface area contributed by atoms with Crippen LogP contribution in [0, 0.1) is 41.9 Å². The van der Waals surface area contributed by atoms with Crippen LogP contribution in [0.25, 0.3) is 10.9 Å². The molecule has 4 bridgehead atoms. The van der Waals surface area contributed by atoms with Crippen LogP contribution in [-0.4, -0.2) is 175 Å². The number of likely N-dealkylation sites (tertiary alicyclic amines) is 2. The maximum absolute atomic E-state index is 14.7. The van der Waals surface area contributed by atoms with Crippen LogP contribution >= 0.6 is 11.8 Å². The van der Waals surface area contributed by atoms with E-state index in [0.717, 1.165) is 145 Å². The summed E-state index contributed by atoms with van der Waals surface area (Å²) in [6.45, 7) is 6.04. The number of rotatable bonds is 35. The number of carbonyl (C=O) groups excluding carboxylic acids is 6. The molecule has 4 atom stereocenters. The molecular weight excluding hydrogens is 1210 g/mol. The molecule has 8 amide bonds. The maximum atomic E-state index is 14.7. The normalized spacial score (nSPS) is 24.0. The number of unbranched alkanes of at least 4 members (excludes halogenated alkanes) is 7. The molecule has 1 unspecified atom stereocenters. The van der Waals surface area contributed by atoms with Crippen molar-refractivity contribution in [2.75, 3.05) is 77.9 Å². The summed E-state index contributed by atoms with van der Waals surface area (Å²) in [4.78, 5) is 96.1. The summed E-state index contributed by atoms with van der Waals surface area (Å²) >= 11 is 1.89. The molecule has 4 saturated heterocycles. The summed E-state index contributed by atoms with van der Waals surface area (Å²) in [6.07, 6.45) is 22.4. The van der Waals surface area contributed by atoms with Crippen molar-refractivity contribution in [2.24, 2.45) is 35.0 Å². The third-order valence-corrected chi connectivity index (χ3v) is 24.1. The Bertz CT molecular complexity index is 3070. The van der Waals surface area contributed by atoms with Crippen molar-refractivity contribution in [3.8, 4) is 5.75 Å². The zero-order chi connectivity index (χ0) is 64.6. The molecule has 3 aromatic rings. The summed E-state index contributed by atoms with van der Waals surface area (Å²) in [5, 5.41) is 25.7. The highest BCUT2D eigenvalue weighted by Gasteiger charge is 2.56. The molecule has 11 rings (SSSR count). The minimum absolute atomic E-state index is 0.00999. The van der Waals surface area contributed by atoms with Gasteiger partial charge in [0.05, 0.1) is 34.5 Å². The molecule has 8 aliphatic rings. The van der Waals surface area contributed by atoms with E-state index in [2.05, 4.69) is 31.5 Å².